The molecule has 28 heavy (non-hydrogen) atoms. The number of rotatable bonds is 7. The fourth-order valence-electron chi connectivity index (χ4n) is 4.22. The second kappa shape index (κ2) is 9.23. The summed E-state index contributed by atoms with van der Waals surface area (Å²) in [6.45, 7) is 6.88. The molecule has 1 aliphatic rings. The molecule has 152 valence electrons. The number of aryl methyl sites for hydroxylation is 2. The van der Waals surface area contributed by atoms with Crippen molar-refractivity contribution in [3.05, 3.63) is 65.2 Å². The third kappa shape index (κ3) is 4.84. The van der Waals surface area contributed by atoms with Crippen molar-refractivity contribution in [2.45, 2.75) is 76.2 Å². The van der Waals surface area contributed by atoms with Gasteiger partial charge in [0.25, 0.3) is 0 Å². The Morgan fingerprint density at radius 2 is 1.54 bits per heavy atom. The predicted octanol–water partition coefficient (Wildman–Crippen LogP) is 5.82. The molecule has 0 unspecified atom stereocenters. The average Bonchev–Trinajstić information content (AvgIpc) is 2.69. The van der Waals surface area contributed by atoms with E-state index < -0.39 is 10.0 Å². The van der Waals surface area contributed by atoms with Gasteiger partial charge in [0.1, 0.15) is 0 Å². The zero-order valence-electron chi connectivity index (χ0n) is 17.4. The van der Waals surface area contributed by atoms with Gasteiger partial charge in [-0.25, -0.2) is 8.42 Å². The van der Waals surface area contributed by atoms with Crippen molar-refractivity contribution in [3.8, 4) is 0 Å². The van der Waals surface area contributed by atoms with E-state index >= 15 is 0 Å². The molecule has 0 spiro atoms. The van der Waals surface area contributed by atoms with Crippen molar-refractivity contribution < 1.29 is 8.42 Å². The monoisotopic (exact) mass is 399 g/mol. The summed E-state index contributed by atoms with van der Waals surface area (Å²) in [5.74, 6) is 0.441. The van der Waals surface area contributed by atoms with Gasteiger partial charge in [-0.1, -0.05) is 73.7 Å². The lowest BCUT2D eigenvalue weighted by Gasteiger charge is -2.39. The molecule has 2 atom stereocenters. The SMILES string of the molecule is CCCCC[C@H]1C[C@H](c2ccc(C)cc2)CCN1S(=O)(=O)c1ccc(C)cc1. The van der Waals surface area contributed by atoms with Crippen LogP contribution in [0.15, 0.2) is 53.4 Å². The maximum absolute atomic E-state index is 13.4. The quantitative estimate of drug-likeness (QED) is 0.550. The van der Waals surface area contributed by atoms with Gasteiger partial charge in [-0.05, 0) is 56.7 Å². The maximum Gasteiger partial charge on any atom is 0.243 e. The van der Waals surface area contributed by atoms with Crippen molar-refractivity contribution in [2.75, 3.05) is 6.54 Å². The van der Waals surface area contributed by atoms with E-state index in [0.29, 0.717) is 17.4 Å². The summed E-state index contributed by atoms with van der Waals surface area (Å²) >= 11 is 0. The molecule has 0 aromatic heterocycles. The minimum atomic E-state index is -3.44. The molecular formula is C24H33NO2S. The molecule has 0 saturated carbocycles. The van der Waals surface area contributed by atoms with E-state index in [-0.39, 0.29) is 6.04 Å². The van der Waals surface area contributed by atoms with Crippen LogP contribution in [0.5, 0.6) is 0 Å². The molecule has 0 amide bonds. The predicted molar refractivity (Wildman–Crippen MR) is 116 cm³/mol. The second-order valence-electron chi connectivity index (χ2n) is 8.21. The summed E-state index contributed by atoms with van der Waals surface area (Å²) in [5, 5.41) is 0. The van der Waals surface area contributed by atoms with Gasteiger partial charge in [0.15, 0.2) is 0 Å². The Morgan fingerprint density at radius 1 is 0.929 bits per heavy atom. The van der Waals surface area contributed by atoms with Crippen LogP contribution < -0.4 is 0 Å². The van der Waals surface area contributed by atoms with E-state index in [4.69, 9.17) is 0 Å². The van der Waals surface area contributed by atoms with Gasteiger partial charge in [-0.15, -0.1) is 0 Å². The lowest BCUT2D eigenvalue weighted by atomic mass is 9.84. The molecule has 0 aliphatic carbocycles. The molecule has 2 aromatic rings. The maximum atomic E-state index is 13.4. The van der Waals surface area contributed by atoms with Gasteiger partial charge in [-0.2, -0.15) is 4.31 Å². The largest absolute Gasteiger partial charge is 0.243 e. The molecule has 4 heteroatoms. The van der Waals surface area contributed by atoms with Crippen LogP contribution in [-0.4, -0.2) is 25.3 Å². The zero-order chi connectivity index (χ0) is 20.1. The van der Waals surface area contributed by atoms with Gasteiger partial charge >= 0.3 is 0 Å². The highest BCUT2D eigenvalue weighted by atomic mass is 32.2. The molecule has 0 radical (unpaired) electrons. The van der Waals surface area contributed by atoms with Crippen LogP contribution in [0.3, 0.4) is 0 Å². The number of unbranched alkanes of at least 4 members (excludes halogenated alkanes) is 2. The van der Waals surface area contributed by atoms with Crippen molar-refractivity contribution in [3.63, 3.8) is 0 Å². The van der Waals surface area contributed by atoms with Crippen LogP contribution in [0.1, 0.15) is 68.1 Å². The molecule has 0 N–H and O–H groups in total. The third-order valence-electron chi connectivity index (χ3n) is 5.98. The van der Waals surface area contributed by atoms with Crippen LogP contribution in [0.2, 0.25) is 0 Å². The lowest BCUT2D eigenvalue weighted by Crippen LogP contribution is -2.45. The highest BCUT2D eigenvalue weighted by Gasteiger charge is 2.36. The van der Waals surface area contributed by atoms with E-state index in [1.165, 1.54) is 11.1 Å². The van der Waals surface area contributed by atoms with Crippen molar-refractivity contribution in [1.82, 2.24) is 4.31 Å². The minimum absolute atomic E-state index is 0.0814. The lowest BCUT2D eigenvalue weighted by molar-refractivity contribution is 0.217. The van der Waals surface area contributed by atoms with E-state index in [9.17, 15) is 8.42 Å². The highest BCUT2D eigenvalue weighted by molar-refractivity contribution is 7.89. The molecule has 2 aromatic carbocycles. The van der Waals surface area contributed by atoms with Gasteiger partial charge < -0.3 is 0 Å². The van der Waals surface area contributed by atoms with Gasteiger partial charge in [0.05, 0.1) is 4.90 Å². The topological polar surface area (TPSA) is 37.4 Å². The summed E-state index contributed by atoms with van der Waals surface area (Å²) in [4.78, 5) is 0.423. The average molecular weight is 400 g/mol. The Bertz CT molecular complexity index is 856. The first-order chi connectivity index (χ1) is 13.4. The molecule has 3 nitrogen and oxygen atoms in total. The number of benzene rings is 2. The van der Waals surface area contributed by atoms with Crippen LogP contribution in [0, 0.1) is 13.8 Å². The normalized spacial score (nSPS) is 21.0. The third-order valence-corrected chi connectivity index (χ3v) is 7.95. The summed E-state index contributed by atoms with van der Waals surface area (Å²) in [6, 6.07) is 16.1. The summed E-state index contributed by atoms with van der Waals surface area (Å²) in [6.07, 6.45) is 6.14. The fourth-order valence-corrected chi connectivity index (χ4v) is 5.91. The van der Waals surface area contributed by atoms with Crippen molar-refractivity contribution >= 4 is 10.0 Å². The van der Waals surface area contributed by atoms with Gasteiger partial charge in [0, 0.05) is 12.6 Å². The first-order valence-corrected chi connectivity index (χ1v) is 12.0. The fraction of sp³-hybridized carbons (Fsp3) is 0.500. The Labute approximate surface area is 170 Å². The van der Waals surface area contributed by atoms with Crippen LogP contribution in [0.25, 0.3) is 0 Å². The van der Waals surface area contributed by atoms with Gasteiger partial charge in [-0.3, -0.25) is 0 Å². The number of sulfonamides is 1. The highest BCUT2D eigenvalue weighted by Crippen LogP contribution is 2.36. The number of hydrogen-bond acceptors (Lipinski definition) is 2. The van der Waals surface area contributed by atoms with E-state index in [1.54, 1.807) is 16.4 Å². The van der Waals surface area contributed by atoms with Crippen molar-refractivity contribution in [1.29, 1.82) is 0 Å². The second-order valence-corrected chi connectivity index (χ2v) is 10.1. The Hall–Kier alpha value is -1.65. The van der Waals surface area contributed by atoms with Crippen LogP contribution in [-0.2, 0) is 10.0 Å². The Morgan fingerprint density at radius 3 is 2.14 bits per heavy atom. The molecule has 1 heterocycles. The standard InChI is InChI=1S/C24H33NO2S/c1-4-5-6-7-23-18-22(21-12-8-19(2)9-13-21)16-17-25(23)28(26,27)24-14-10-20(3)11-15-24/h8-15,22-23H,4-7,16-18H2,1-3H3/t22-,23+/m1/s1. The molecular weight excluding hydrogens is 366 g/mol. The first kappa shape index (κ1) is 21.1. The van der Waals surface area contributed by atoms with Crippen LogP contribution >= 0.6 is 0 Å². The van der Waals surface area contributed by atoms with E-state index in [1.807, 2.05) is 19.1 Å². The summed E-state index contributed by atoms with van der Waals surface area (Å²) in [5.41, 5.74) is 3.69. The molecule has 1 fully saturated rings. The Balaban J connectivity index is 1.83. The van der Waals surface area contributed by atoms with Gasteiger partial charge in [0.2, 0.25) is 10.0 Å². The molecule has 0 bridgehead atoms. The first-order valence-electron chi connectivity index (χ1n) is 10.6. The number of nitrogens with zero attached hydrogens (tertiary/aromatic N) is 1. The van der Waals surface area contributed by atoms with Crippen molar-refractivity contribution in [2.24, 2.45) is 0 Å². The van der Waals surface area contributed by atoms with Crippen LogP contribution in [0.4, 0.5) is 0 Å². The molecule has 1 saturated heterocycles. The summed E-state index contributed by atoms with van der Waals surface area (Å²) in [7, 11) is -3.44. The minimum Gasteiger partial charge on any atom is -0.207 e. The number of piperidine rings is 1. The summed E-state index contributed by atoms with van der Waals surface area (Å²) < 4.78 is 28.5. The smallest absolute Gasteiger partial charge is 0.207 e. The van der Waals surface area contributed by atoms with E-state index in [0.717, 1.165) is 44.1 Å². The number of hydrogen-bond donors (Lipinski definition) is 0. The molecule has 3 rings (SSSR count). The zero-order valence-corrected chi connectivity index (χ0v) is 18.2. The van der Waals surface area contributed by atoms with E-state index in [2.05, 4.69) is 38.1 Å². The molecule has 1 aliphatic heterocycles. The Kier molecular flexibility index (Phi) is 6.95.